The van der Waals surface area contributed by atoms with Crippen molar-refractivity contribution in [1.82, 2.24) is 0 Å². The standard InChI is InChI=1S/CH2O3.ClH.Li.H/c2-1(3)4;;;/h(H2,2,3,4);1H;;. The minimum absolute atomic E-state index is 0. The molecular weight excluding hydrogens is 102 g/mol. The van der Waals surface area contributed by atoms with Crippen LogP contribution in [-0.4, -0.2) is 35.2 Å². The van der Waals surface area contributed by atoms with Crippen LogP contribution in [0.15, 0.2) is 0 Å². The van der Waals surface area contributed by atoms with Crippen LogP contribution in [0.1, 0.15) is 0 Å². The van der Waals surface area contributed by atoms with Gasteiger partial charge in [0, 0.05) is 0 Å². The van der Waals surface area contributed by atoms with Gasteiger partial charge in [-0.05, 0) is 0 Å². The first-order valence-corrected chi connectivity index (χ1v) is 0.651. The molecule has 0 aromatic rings. The molecule has 6 heavy (non-hydrogen) atoms. The summed E-state index contributed by atoms with van der Waals surface area (Å²) in [6, 6.07) is 0. The van der Waals surface area contributed by atoms with Crippen LogP contribution >= 0.6 is 12.4 Å². The third-order valence-electron chi connectivity index (χ3n) is 0. The van der Waals surface area contributed by atoms with E-state index in [2.05, 4.69) is 0 Å². The summed E-state index contributed by atoms with van der Waals surface area (Å²) in [5, 5.41) is 13.9. The van der Waals surface area contributed by atoms with E-state index in [1.54, 1.807) is 0 Å². The van der Waals surface area contributed by atoms with Gasteiger partial charge in [0.2, 0.25) is 0 Å². The topological polar surface area (TPSA) is 57.5 Å². The molecule has 0 aliphatic carbocycles. The Hall–Kier alpha value is 0.157. The van der Waals surface area contributed by atoms with E-state index in [0.29, 0.717) is 0 Å². The van der Waals surface area contributed by atoms with Crippen LogP contribution in [-0.2, 0) is 0 Å². The first kappa shape index (κ1) is 16.4. The molecule has 0 amide bonds. The van der Waals surface area contributed by atoms with Gasteiger partial charge in [-0.25, -0.2) is 4.79 Å². The number of rotatable bonds is 0. The fourth-order valence-corrected chi connectivity index (χ4v) is 0. The molecule has 0 saturated heterocycles. The Bertz CT molecular complexity index is 33.8. The fraction of sp³-hybridized carbons (Fsp3) is 0. The number of hydrogen-bond acceptors (Lipinski definition) is 1. The first-order valence-electron chi connectivity index (χ1n) is 0.651. The molecule has 5 heteroatoms. The van der Waals surface area contributed by atoms with Crippen molar-refractivity contribution in [3.05, 3.63) is 0 Å². The Labute approximate surface area is 52.9 Å². The van der Waals surface area contributed by atoms with Crippen LogP contribution in [0.25, 0.3) is 0 Å². The molecule has 2 N–H and O–H groups in total. The summed E-state index contributed by atoms with van der Waals surface area (Å²) in [5.41, 5.74) is 0. The van der Waals surface area contributed by atoms with Crippen molar-refractivity contribution < 1.29 is 15.0 Å². The Morgan fingerprint density at radius 2 is 1.33 bits per heavy atom. The van der Waals surface area contributed by atoms with E-state index in [9.17, 15) is 0 Å². The number of halogens is 1. The molecule has 0 aliphatic heterocycles. The van der Waals surface area contributed by atoms with E-state index >= 15 is 0 Å². The Morgan fingerprint density at radius 3 is 1.33 bits per heavy atom. The second-order valence-electron chi connectivity index (χ2n) is 0.283. The second-order valence-corrected chi connectivity index (χ2v) is 0.283. The van der Waals surface area contributed by atoms with Crippen molar-refractivity contribution >= 4 is 37.4 Å². The predicted octanol–water partition coefficient (Wildman–Crippen LogP) is -0.00430. The normalized spacial score (nSPS) is 4.00. The molecule has 0 radical (unpaired) electrons. The van der Waals surface area contributed by atoms with Gasteiger partial charge >= 0.3 is 25.0 Å². The van der Waals surface area contributed by atoms with E-state index in [1.165, 1.54) is 0 Å². The minimum atomic E-state index is -1.83. The summed E-state index contributed by atoms with van der Waals surface area (Å²) in [5.74, 6) is 0. The molecule has 0 aliphatic rings. The van der Waals surface area contributed by atoms with Crippen LogP contribution in [0.4, 0.5) is 4.79 Å². The number of carboxylic acid groups (broad SMARTS) is 2. The summed E-state index contributed by atoms with van der Waals surface area (Å²) >= 11 is 0. The van der Waals surface area contributed by atoms with Crippen molar-refractivity contribution in [2.24, 2.45) is 0 Å². The van der Waals surface area contributed by atoms with Crippen LogP contribution in [0, 0.1) is 0 Å². The van der Waals surface area contributed by atoms with E-state index in [-0.39, 0.29) is 31.3 Å². The average Bonchev–Trinajstić information content (AvgIpc) is 0.811. The molecule has 0 aromatic carbocycles. The molecule has 0 bridgehead atoms. The average molecular weight is 106 g/mol. The quantitative estimate of drug-likeness (QED) is 0.427. The second kappa shape index (κ2) is 8.94. The summed E-state index contributed by atoms with van der Waals surface area (Å²) in [4.78, 5) is 8.56. The Balaban J connectivity index is -0.0000000450. The van der Waals surface area contributed by atoms with Crippen LogP contribution in [0.2, 0.25) is 0 Å². The zero-order valence-corrected chi connectivity index (χ0v) is 3.03. The summed E-state index contributed by atoms with van der Waals surface area (Å²) in [6.45, 7) is 0. The van der Waals surface area contributed by atoms with Crippen LogP contribution in [0.5, 0.6) is 0 Å². The van der Waals surface area contributed by atoms with Crippen molar-refractivity contribution in [2.75, 3.05) is 0 Å². The summed E-state index contributed by atoms with van der Waals surface area (Å²) in [6.07, 6.45) is -1.83. The SMILES string of the molecule is Cl.O=C(O)O.[LiH]. The van der Waals surface area contributed by atoms with Crippen molar-refractivity contribution in [1.29, 1.82) is 0 Å². The first-order chi connectivity index (χ1) is 1.73. The van der Waals surface area contributed by atoms with Gasteiger partial charge in [0.05, 0.1) is 0 Å². The molecule has 0 heterocycles. The molecule has 0 atom stereocenters. The van der Waals surface area contributed by atoms with Crippen molar-refractivity contribution in [3.8, 4) is 0 Å². The maximum atomic E-state index is 8.56. The molecule has 0 fully saturated rings. The van der Waals surface area contributed by atoms with Gasteiger partial charge < -0.3 is 10.2 Å². The number of carbonyl (C=O) groups is 1. The Kier molecular flexibility index (Phi) is 24.5. The van der Waals surface area contributed by atoms with E-state index in [4.69, 9.17) is 15.0 Å². The van der Waals surface area contributed by atoms with Gasteiger partial charge in [-0.3, -0.25) is 0 Å². The summed E-state index contributed by atoms with van der Waals surface area (Å²) < 4.78 is 0. The van der Waals surface area contributed by atoms with Gasteiger partial charge in [0.25, 0.3) is 0 Å². The van der Waals surface area contributed by atoms with Gasteiger partial charge in [0.15, 0.2) is 0 Å². The molecule has 0 unspecified atom stereocenters. The van der Waals surface area contributed by atoms with Gasteiger partial charge in [-0.15, -0.1) is 12.4 Å². The number of hydrogen-bond donors (Lipinski definition) is 2. The Morgan fingerprint density at radius 1 is 1.33 bits per heavy atom. The van der Waals surface area contributed by atoms with E-state index in [0.717, 1.165) is 0 Å². The molecule has 3 nitrogen and oxygen atoms in total. The van der Waals surface area contributed by atoms with E-state index < -0.39 is 6.16 Å². The van der Waals surface area contributed by atoms with Gasteiger partial charge in [-0.1, -0.05) is 0 Å². The van der Waals surface area contributed by atoms with Crippen LogP contribution in [0.3, 0.4) is 0 Å². The van der Waals surface area contributed by atoms with Gasteiger partial charge in [-0.2, -0.15) is 0 Å². The third kappa shape index (κ3) is 1670. The molecule has 0 saturated carbocycles. The molecule has 0 aromatic heterocycles. The maximum absolute atomic E-state index is 8.56. The third-order valence-corrected chi connectivity index (χ3v) is 0. The predicted molar refractivity (Wildman–Crippen MR) is 25.1 cm³/mol. The summed E-state index contributed by atoms with van der Waals surface area (Å²) in [7, 11) is 0. The zero-order valence-electron chi connectivity index (χ0n) is 2.21. The molecule has 0 rings (SSSR count). The fourth-order valence-electron chi connectivity index (χ4n) is 0. The van der Waals surface area contributed by atoms with E-state index in [1.807, 2.05) is 0 Å². The zero-order chi connectivity index (χ0) is 3.58. The van der Waals surface area contributed by atoms with Crippen LogP contribution < -0.4 is 0 Å². The molecule has 34 valence electrons. The molecule has 0 spiro atoms. The van der Waals surface area contributed by atoms with Crippen molar-refractivity contribution in [3.63, 3.8) is 0 Å². The molecular formula is CH4ClLiO3. The van der Waals surface area contributed by atoms with Crippen molar-refractivity contribution in [2.45, 2.75) is 0 Å². The monoisotopic (exact) mass is 106 g/mol. The van der Waals surface area contributed by atoms with Gasteiger partial charge in [0.1, 0.15) is 0 Å².